The lowest BCUT2D eigenvalue weighted by Crippen LogP contribution is -1.99. The number of aromatic nitrogens is 5. The molecule has 0 aliphatic carbocycles. The molecule has 0 spiro atoms. The van der Waals surface area contributed by atoms with E-state index in [2.05, 4.69) is 75.0 Å². The predicted octanol–water partition coefficient (Wildman–Crippen LogP) is 4.57. The molecule has 0 saturated carbocycles. The second kappa shape index (κ2) is 5.32. The molecule has 0 unspecified atom stereocenters. The van der Waals surface area contributed by atoms with Gasteiger partial charge < -0.3 is 8.80 Å². The zero-order chi connectivity index (χ0) is 17.8. The average Bonchev–Trinajstić information content (AvgIpc) is 3.46. The van der Waals surface area contributed by atoms with Crippen molar-refractivity contribution in [3.63, 3.8) is 0 Å². The molecule has 0 radical (unpaired) electrons. The number of hydrogen-bond acceptors (Lipinski definition) is 2. The maximum Gasteiger partial charge on any atom is 0.0957 e. The van der Waals surface area contributed by atoms with E-state index in [1.54, 1.807) is 0 Å². The van der Waals surface area contributed by atoms with Crippen molar-refractivity contribution >= 4 is 16.6 Å². The van der Waals surface area contributed by atoms with Crippen molar-refractivity contribution < 1.29 is 0 Å². The SMILES string of the molecule is c1cc2ccc(-c3ncc(-c4ccnn5cccc45)n4cccc34)cn2c1. The summed E-state index contributed by atoms with van der Waals surface area (Å²) in [6.07, 6.45) is 12.0. The van der Waals surface area contributed by atoms with Crippen molar-refractivity contribution in [1.82, 2.24) is 23.4 Å². The van der Waals surface area contributed by atoms with E-state index in [0.717, 1.165) is 33.5 Å². The van der Waals surface area contributed by atoms with Crippen molar-refractivity contribution in [2.24, 2.45) is 0 Å². The monoisotopic (exact) mass is 349 g/mol. The first-order chi connectivity index (χ1) is 13.4. The van der Waals surface area contributed by atoms with Gasteiger partial charge in [0, 0.05) is 47.6 Å². The summed E-state index contributed by atoms with van der Waals surface area (Å²) >= 11 is 0. The molecule has 27 heavy (non-hydrogen) atoms. The van der Waals surface area contributed by atoms with E-state index in [4.69, 9.17) is 4.98 Å². The fourth-order valence-electron chi connectivity index (χ4n) is 3.80. The van der Waals surface area contributed by atoms with Crippen molar-refractivity contribution in [3.05, 3.63) is 91.8 Å². The van der Waals surface area contributed by atoms with E-state index >= 15 is 0 Å². The Morgan fingerprint density at radius 3 is 2.67 bits per heavy atom. The molecule has 0 atom stereocenters. The maximum absolute atomic E-state index is 4.84. The molecule has 5 heteroatoms. The molecule has 5 nitrogen and oxygen atoms in total. The molecular weight excluding hydrogens is 334 g/mol. The largest absolute Gasteiger partial charge is 0.323 e. The van der Waals surface area contributed by atoms with Crippen molar-refractivity contribution in [1.29, 1.82) is 0 Å². The standard InChI is InChI=1S/C22H15N5/c1-4-17-8-7-16(15-25(17)11-1)22-20-6-2-12-26(20)21(14-23-22)18-9-10-24-27-13-3-5-19(18)27/h1-15H. The topological polar surface area (TPSA) is 39.0 Å². The zero-order valence-electron chi connectivity index (χ0n) is 14.4. The molecule has 0 N–H and O–H groups in total. The third kappa shape index (κ3) is 2.05. The molecule has 0 fully saturated rings. The van der Waals surface area contributed by atoms with Crippen molar-refractivity contribution in [2.45, 2.75) is 0 Å². The van der Waals surface area contributed by atoms with Crippen LogP contribution in [0.4, 0.5) is 0 Å². The van der Waals surface area contributed by atoms with Gasteiger partial charge in [0.15, 0.2) is 0 Å². The van der Waals surface area contributed by atoms with Gasteiger partial charge in [0.2, 0.25) is 0 Å². The summed E-state index contributed by atoms with van der Waals surface area (Å²) in [7, 11) is 0. The maximum atomic E-state index is 4.84. The van der Waals surface area contributed by atoms with Crippen LogP contribution >= 0.6 is 0 Å². The average molecular weight is 349 g/mol. The molecule has 0 aromatic carbocycles. The summed E-state index contributed by atoms with van der Waals surface area (Å²) in [6, 6.07) is 18.7. The van der Waals surface area contributed by atoms with Crippen LogP contribution in [0, 0.1) is 0 Å². The van der Waals surface area contributed by atoms with E-state index in [-0.39, 0.29) is 0 Å². The Labute approximate surface area is 154 Å². The molecule has 6 heterocycles. The number of nitrogens with zero attached hydrogens (tertiary/aromatic N) is 5. The summed E-state index contributed by atoms with van der Waals surface area (Å²) in [6.45, 7) is 0. The van der Waals surface area contributed by atoms with Gasteiger partial charge in [-0.2, -0.15) is 5.10 Å². The third-order valence-electron chi connectivity index (χ3n) is 5.08. The van der Waals surface area contributed by atoms with Gasteiger partial charge in [-0.1, -0.05) is 0 Å². The second-order valence-corrected chi connectivity index (χ2v) is 6.60. The van der Waals surface area contributed by atoms with Gasteiger partial charge in [0.25, 0.3) is 0 Å². The molecule has 128 valence electrons. The minimum Gasteiger partial charge on any atom is -0.323 e. The normalized spacial score (nSPS) is 11.7. The summed E-state index contributed by atoms with van der Waals surface area (Å²) in [5.41, 5.74) is 7.55. The Bertz CT molecular complexity index is 1430. The number of fused-ring (bicyclic) bond motifs is 3. The van der Waals surface area contributed by atoms with Gasteiger partial charge >= 0.3 is 0 Å². The molecule has 0 amide bonds. The van der Waals surface area contributed by atoms with Crippen molar-refractivity contribution in [3.8, 4) is 22.5 Å². The highest BCUT2D eigenvalue weighted by atomic mass is 15.2. The highest BCUT2D eigenvalue weighted by Gasteiger charge is 2.13. The highest BCUT2D eigenvalue weighted by molar-refractivity contribution is 5.84. The van der Waals surface area contributed by atoms with E-state index in [0.29, 0.717) is 0 Å². The first kappa shape index (κ1) is 14.3. The molecule has 0 aliphatic heterocycles. The Hall–Kier alpha value is -3.86. The highest BCUT2D eigenvalue weighted by Crippen LogP contribution is 2.30. The number of rotatable bonds is 2. The summed E-state index contributed by atoms with van der Waals surface area (Å²) < 4.78 is 6.21. The lowest BCUT2D eigenvalue weighted by molar-refractivity contribution is 0.940. The van der Waals surface area contributed by atoms with Crippen LogP contribution in [0.5, 0.6) is 0 Å². The van der Waals surface area contributed by atoms with E-state index in [1.165, 1.54) is 5.52 Å². The third-order valence-corrected chi connectivity index (χ3v) is 5.08. The number of hydrogen-bond donors (Lipinski definition) is 0. The van der Waals surface area contributed by atoms with Crippen LogP contribution < -0.4 is 0 Å². The fourth-order valence-corrected chi connectivity index (χ4v) is 3.80. The summed E-state index contributed by atoms with van der Waals surface area (Å²) in [4.78, 5) is 4.84. The molecule has 0 bridgehead atoms. The summed E-state index contributed by atoms with van der Waals surface area (Å²) in [5, 5.41) is 4.37. The van der Waals surface area contributed by atoms with Crippen LogP contribution in [0.15, 0.2) is 91.8 Å². The molecule has 0 aliphatic rings. The minimum absolute atomic E-state index is 0.972. The fraction of sp³-hybridized carbons (Fsp3) is 0. The van der Waals surface area contributed by atoms with Crippen LogP contribution in [-0.2, 0) is 0 Å². The van der Waals surface area contributed by atoms with Crippen LogP contribution in [0.3, 0.4) is 0 Å². The lowest BCUT2D eigenvalue weighted by Gasteiger charge is -2.11. The summed E-state index contributed by atoms with van der Waals surface area (Å²) in [5.74, 6) is 0. The lowest BCUT2D eigenvalue weighted by atomic mass is 10.1. The molecule has 6 rings (SSSR count). The van der Waals surface area contributed by atoms with Crippen LogP contribution in [0.25, 0.3) is 39.1 Å². The Balaban J connectivity index is 1.61. The van der Waals surface area contributed by atoms with Gasteiger partial charge in [-0.05, 0) is 54.6 Å². The smallest absolute Gasteiger partial charge is 0.0957 e. The molecule has 6 aromatic heterocycles. The van der Waals surface area contributed by atoms with Crippen LogP contribution in [0.2, 0.25) is 0 Å². The Morgan fingerprint density at radius 2 is 1.67 bits per heavy atom. The number of pyridine rings is 1. The van der Waals surface area contributed by atoms with E-state index < -0.39 is 0 Å². The zero-order valence-corrected chi connectivity index (χ0v) is 14.4. The van der Waals surface area contributed by atoms with Gasteiger partial charge in [0.1, 0.15) is 0 Å². The van der Waals surface area contributed by atoms with Gasteiger partial charge in [-0.15, -0.1) is 0 Å². The Kier molecular flexibility index (Phi) is 2.82. The quantitative estimate of drug-likeness (QED) is 0.459. The van der Waals surface area contributed by atoms with E-state index in [9.17, 15) is 0 Å². The molecular formula is C22H15N5. The predicted molar refractivity (Wildman–Crippen MR) is 106 cm³/mol. The van der Waals surface area contributed by atoms with Gasteiger partial charge in [0.05, 0.1) is 28.6 Å². The van der Waals surface area contributed by atoms with Crippen molar-refractivity contribution in [2.75, 3.05) is 0 Å². The van der Waals surface area contributed by atoms with Crippen LogP contribution in [0.1, 0.15) is 0 Å². The first-order valence-corrected chi connectivity index (χ1v) is 8.84. The molecule has 6 aromatic rings. The Morgan fingerprint density at radius 1 is 0.778 bits per heavy atom. The first-order valence-electron chi connectivity index (χ1n) is 8.84. The van der Waals surface area contributed by atoms with Gasteiger partial charge in [-0.3, -0.25) is 4.98 Å². The van der Waals surface area contributed by atoms with Crippen LogP contribution in [-0.4, -0.2) is 23.4 Å². The second-order valence-electron chi connectivity index (χ2n) is 6.60. The van der Waals surface area contributed by atoms with Gasteiger partial charge in [-0.25, -0.2) is 4.52 Å². The minimum atomic E-state index is 0.972. The van der Waals surface area contributed by atoms with E-state index in [1.807, 2.05) is 35.2 Å². The molecule has 0 saturated heterocycles.